The van der Waals surface area contributed by atoms with Crippen molar-refractivity contribution in [2.75, 3.05) is 0 Å². The number of hydrogen-bond donors (Lipinski definition) is 0. The van der Waals surface area contributed by atoms with Crippen molar-refractivity contribution in [1.29, 1.82) is 0 Å². The van der Waals surface area contributed by atoms with Gasteiger partial charge in [-0.25, -0.2) is 0 Å². The molecule has 0 unspecified atom stereocenters. The van der Waals surface area contributed by atoms with Gasteiger partial charge in [-0.15, -0.1) is 0 Å². The maximum atomic E-state index is 4.87. The Kier molecular flexibility index (Phi) is 7.29. The first kappa shape index (κ1) is 20.5. The van der Waals surface area contributed by atoms with Crippen LogP contribution in [0.3, 0.4) is 0 Å². The number of aliphatic imine (C=N–C) groups is 2. The Morgan fingerprint density at radius 3 is 2.52 bits per heavy atom. The Labute approximate surface area is 174 Å². The number of nitrogens with zero attached hydrogens (tertiary/aromatic N) is 2. The Morgan fingerprint density at radius 2 is 1.83 bits per heavy atom. The molecule has 2 aromatic rings. The Morgan fingerprint density at radius 1 is 1.00 bits per heavy atom. The van der Waals surface area contributed by atoms with Crippen LogP contribution in [0.5, 0.6) is 0 Å². The molecular formula is C27H28N2. The highest BCUT2D eigenvalue weighted by Crippen LogP contribution is 2.40. The lowest BCUT2D eigenvalue weighted by Gasteiger charge is -2.16. The molecule has 146 valence electrons. The van der Waals surface area contributed by atoms with Crippen LogP contribution < -0.4 is 0 Å². The van der Waals surface area contributed by atoms with Crippen LogP contribution in [0.1, 0.15) is 44.7 Å². The smallest absolute Gasteiger partial charge is 0.0960 e. The molecule has 0 atom stereocenters. The zero-order valence-corrected chi connectivity index (χ0v) is 17.5. The van der Waals surface area contributed by atoms with E-state index < -0.39 is 0 Å². The van der Waals surface area contributed by atoms with Crippen LogP contribution in [0, 0.1) is 0 Å². The highest BCUT2D eigenvalue weighted by molar-refractivity contribution is 6.00. The van der Waals surface area contributed by atoms with Gasteiger partial charge < -0.3 is 0 Å². The van der Waals surface area contributed by atoms with Crippen molar-refractivity contribution < 1.29 is 0 Å². The zero-order valence-electron chi connectivity index (χ0n) is 17.5. The maximum absolute atomic E-state index is 4.87. The molecule has 0 amide bonds. The van der Waals surface area contributed by atoms with E-state index in [2.05, 4.69) is 61.6 Å². The molecule has 0 heterocycles. The molecule has 2 aromatic carbocycles. The molecule has 2 nitrogen and oxygen atoms in total. The average Bonchev–Trinajstić information content (AvgIpc) is 2.76. The van der Waals surface area contributed by atoms with E-state index in [-0.39, 0.29) is 0 Å². The minimum absolute atomic E-state index is 0.891. The van der Waals surface area contributed by atoms with Crippen LogP contribution >= 0.6 is 0 Å². The predicted octanol–water partition coefficient (Wildman–Crippen LogP) is 7.89. The molecule has 0 radical (unpaired) electrons. The second-order valence-corrected chi connectivity index (χ2v) is 6.92. The summed E-state index contributed by atoms with van der Waals surface area (Å²) >= 11 is 0. The van der Waals surface area contributed by atoms with Crippen molar-refractivity contribution in [3.63, 3.8) is 0 Å². The Bertz CT molecular complexity index is 1020. The second-order valence-electron chi connectivity index (χ2n) is 6.92. The van der Waals surface area contributed by atoms with E-state index in [1.54, 1.807) is 0 Å². The minimum atomic E-state index is 0.891. The first-order valence-corrected chi connectivity index (χ1v) is 10.2. The Balaban J connectivity index is 1.99. The summed E-state index contributed by atoms with van der Waals surface area (Å²) in [6.45, 7) is 6.07. The van der Waals surface area contributed by atoms with Crippen LogP contribution in [0.2, 0.25) is 0 Å². The molecule has 0 saturated heterocycles. The van der Waals surface area contributed by atoms with Gasteiger partial charge in [-0.3, -0.25) is 9.98 Å². The molecule has 1 aliphatic rings. The topological polar surface area (TPSA) is 24.7 Å². The molecule has 0 aliphatic heterocycles. The van der Waals surface area contributed by atoms with Crippen LogP contribution in [0.4, 0.5) is 11.4 Å². The Hall–Kier alpha value is -3.26. The molecule has 0 N–H and O–H groups in total. The maximum Gasteiger partial charge on any atom is 0.0960 e. The van der Waals surface area contributed by atoms with Crippen molar-refractivity contribution in [3.8, 4) is 0 Å². The van der Waals surface area contributed by atoms with E-state index in [1.165, 1.54) is 11.1 Å². The molecule has 0 bridgehead atoms. The third-order valence-electron chi connectivity index (χ3n) is 4.82. The molecule has 0 saturated carbocycles. The van der Waals surface area contributed by atoms with E-state index in [1.807, 2.05) is 50.4 Å². The van der Waals surface area contributed by atoms with Gasteiger partial charge in [0.05, 0.1) is 11.4 Å². The molecule has 3 rings (SSSR count). The summed E-state index contributed by atoms with van der Waals surface area (Å²) in [6, 6.07) is 16.5. The predicted molar refractivity (Wildman–Crippen MR) is 129 cm³/mol. The first-order chi connectivity index (χ1) is 14.2. The van der Waals surface area contributed by atoms with Crippen molar-refractivity contribution >= 4 is 35.0 Å². The molecule has 0 aromatic heterocycles. The fourth-order valence-corrected chi connectivity index (χ4v) is 3.45. The summed E-state index contributed by atoms with van der Waals surface area (Å²) in [4.78, 5) is 9.57. The van der Waals surface area contributed by atoms with Gasteiger partial charge in [0, 0.05) is 17.5 Å². The van der Waals surface area contributed by atoms with Crippen molar-refractivity contribution in [2.24, 2.45) is 9.98 Å². The number of rotatable bonds is 6. The van der Waals surface area contributed by atoms with Gasteiger partial charge in [0.15, 0.2) is 0 Å². The van der Waals surface area contributed by atoms with Gasteiger partial charge in [-0.05, 0) is 62.5 Å². The van der Waals surface area contributed by atoms with Crippen LogP contribution in [0.25, 0.3) is 11.6 Å². The molecular weight excluding hydrogens is 352 g/mol. The molecule has 29 heavy (non-hydrogen) atoms. The molecule has 2 heteroatoms. The van der Waals surface area contributed by atoms with Crippen LogP contribution in [-0.2, 0) is 0 Å². The van der Waals surface area contributed by atoms with Crippen molar-refractivity contribution in [1.82, 2.24) is 0 Å². The number of para-hydroxylation sites is 1. The van der Waals surface area contributed by atoms with Gasteiger partial charge in [0.25, 0.3) is 0 Å². The number of hydrogen-bond acceptors (Lipinski definition) is 2. The number of allylic oxidation sites excluding steroid dienone is 7. The summed E-state index contributed by atoms with van der Waals surface area (Å²) in [6.07, 6.45) is 16.9. The summed E-state index contributed by atoms with van der Waals surface area (Å²) in [5.74, 6) is 0. The SMILES string of the molecule is C/C=C(/C1=CC=CCC1)c1cccc(/N=C(C)\C=C\c2ccccc2)c1/N=C/C. The van der Waals surface area contributed by atoms with Gasteiger partial charge in [0.1, 0.15) is 0 Å². The van der Waals surface area contributed by atoms with E-state index in [4.69, 9.17) is 9.98 Å². The van der Waals surface area contributed by atoms with Gasteiger partial charge in [-0.2, -0.15) is 0 Å². The number of benzene rings is 2. The lowest BCUT2D eigenvalue weighted by molar-refractivity contribution is 0.995. The third-order valence-corrected chi connectivity index (χ3v) is 4.82. The van der Waals surface area contributed by atoms with Gasteiger partial charge in [0.2, 0.25) is 0 Å². The van der Waals surface area contributed by atoms with E-state index >= 15 is 0 Å². The molecule has 1 aliphatic carbocycles. The first-order valence-electron chi connectivity index (χ1n) is 10.2. The zero-order chi connectivity index (χ0) is 20.5. The lowest BCUT2D eigenvalue weighted by Crippen LogP contribution is -1.94. The molecule has 0 fully saturated rings. The summed E-state index contributed by atoms with van der Waals surface area (Å²) < 4.78 is 0. The fraction of sp³-hybridized carbons (Fsp3) is 0.185. The van der Waals surface area contributed by atoms with Crippen molar-refractivity contribution in [2.45, 2.75) is 33.6 Å². The van der Waals surface area contributed by atoms with Crippen LogP contribution in [0.15, 0.2) is 94.5 Å². The van der Waals surface area contributed by atoms with Crippen molar-refractivity contribution in [3.05, 3.63) is 95.6 Å². The van der Waals surface area contributed by atoms with E-state index in [9.17, 15) is 0 Å². The van der Waals surface area contributed by atoms with Gasteiger partial charge in [-0.1, -0.05) is 72.8 Å². The normalized spacial score (nSPS) is 15.3. The minimum Gasteiger partial charge on any atom is -0.259 e. The lowest BCUT2D eigenvalue weighted by atomic mass is 9.90. The summed E-state index contributed by atoms with van der Waals surface area (Å²) in [5, 5.41) is 0. The highest BCUT2D eigenvalue weighted by atomic mass is 14.8. The quantitative estimate of drug-likeness (QED) is 0.455. The van der Waals surface area contributed by atoms with Gasteiger partial charge >= 0.3 is 0 Å². The monoisotopic (exact) mass is 380 g/mol. The largest absolute Gasteiger partial charge is 0.259 e. The van der Waals surface area contributed by atoms with E-state index in [0.29, 0.717) is 0 Å². The second kappa shape index (κ2) is 10.3. The van der Waals surface area contributed by atoms with E-state index in [0.717, 1.165) is 41.1 Å². The third kappa shape index (κ3) is 5.39. The average molecular weight is 381 g/mol. The summed E-state index contributed by atoms with van der Waals surface area (Å²) in [7, 11) is 0. The standard InChI is InChI=1S/C27H28N2/c1-4-24(23-15-10-7-11-16-23)25-17-12-18-26(27(25)28-5-2)29-21(3)19-20-22-13-8-6-9-14-22/h4-10,12-15,17-20H,11,16H2,1-3H3/b20-19+,24-4-,28-5+,29-21-. The summed E-state index contributed by atoms with van der Waals surface area (Å²) in [5.41, 5.74) is 7.65. The molecule has 0 spiro atoms. The highest BCUT2D eigenvalue weighted by Gasteiger charge is 2.14. The fourth-order valence-electron chi connectivity index (χ4n) is 3.45. The van der Waals surface area contributed by atoms with Crippen LogP contribution in [-0.4, -0.2) is 11.9 Å².